The number of hydrogen-bond donors (Lipinski definition) is 0. The molecule has 8 heavy (non-hydrogen) atoms. The molecule has 0 fully saturated rings. The summed E-state index contributed by atoms with van der Waals surface area (Å²) in [6, 6.07) is 0. The van der Waals surface area contributed by atoms with Crippen molar-refractivity contribution in [2.75, 3.05) is 6.61 Å². The van der Waals surface area contributed by atoms with Crippen LogP contribution in [0.3, 0.4) is 0 Å². The molecule has 0 aliphatic carbocycles. The maximum absolute atomic E-state index is 9.97. The lowest BCUT2D eigenvalue weighted by Gasteiger charge is -1.75. The van der Waals surface area contributed by atoms with E-state index < -0.39 is 0 Å². The first-order valence-electron chi connectivity index (χ1n) is 1.74. The number of hydrogen-bond acceptors (Lipinski definition) is 5. The highest BCUT2D eigenvalue weighted by atomic mass is 32.1. The second-order valence-corrected chi connectivity index (χ2v) is 0.974. The molecule has 0 bridgehead atoms. The lowest BCUT2D eigenvalue weighted by atomic mass is 10.5. The van der Waals surface area contributed by atoms with Crippen LogP contribution in [0.25, 0.3) is 0 Å². The minimum atomic E-state index is -0.0602. The zero-order chi connectivity index (χ0) is 6.41. The van der Waals surface area contributed by atoms with E-state index in [9.17, 15) is 4.79 Å². The fourth-order valence-electron chi connectivity index (χ4n) is 0.234. The Hall–Kier alpha value is -0.840. The van der Waals surface area contributed by atoms with Crippen LogP contribution < -0.4 is 0 Å². The van der Waals surface area contributed by atoms with Crippen molar-refractivity contribution in [3.8, 4) is 0 Å². The molecule has 0 saturated heterocycles. The molecule has 0 aromatic rings. The molecule has 0 spiro atoms. The molecule has 4 nitrogen and oxygen atoms in total. The van der Waals surface area contributed by atoms with Crippen molar-refractivity contribution in [3.05, 3.63) is 0 Å². The van der Waals surface area contributed by atoms with E-state index in [0.717, 1.165) is 0 Å². The molecule has 0 unspecified atom stereocenters. The monoisotopic (exact) mass is 133 g/mol. The average molecular weight is 133 g/mol. The Morgan fingerprint density at radius 2 is 2.38 bits per heavy atom. The highest BCUT2D eigenvalue weighted by molar-refractivity contribution is 7.44. The van der Waals surface area contributed by atoms with Gasteiger partial charge in [-0.15, -0.1) is 0 Å². The summed E-state index contributed by atoms with van der Waals surface area (Å²) in [6.07, 6.45) is 1.17. The lowest BCUT2D eigenvalue weighted by molar-refractivity contribution is -0.114. The molecule has 5 heteroatoms. The topological polar surface area (TPSA) is 55.7 Å². The van der Waals surface area contributed by atoms with Crippen molar-refractivity contribution in [3.63, 3.8) is 0 Å². The maximum Gasteiger partial charge on any atom is 0.217 e. The van der Waals surface area contributed by atoms with Crippen molar-refractivity contribution in [1.29, 1.82) is 0 Å². The van der Waals surface area contributed by atoms with Gasteiger partial charge in [-0.3, -0.25) is 4.79 Å². The van der Waals surface area contributed by atoms with E-state index in [2.05, 4.69) is 22.5 Å². The van der Waals surface area contributed by atoms with Gasteiger partial charge in [-0.05, 0) is 0 Å². The zero-order valence-electron chi connectivity index (χ0n) is 3.86. The van der Waals surface area contributed by atoms with E-state index in [1.54, 1.807) is 0 Å². The van der Waals surface area contributed by atoms with Crippen LogP contribution in [0, 0.1) is 0 Å². The zero-order valence-corrected chi connectivity index (χ0v) is 4.68. The van der Waals surface area contributed by atoms with Gasteiger partial charge in [0, 0.05) is 0 Å². The maximum atomic E-state index is 9.97. The van der Waals surface area contributed by atoms with E-state index >= 15 is 0 Å². The van der Waals surface area contributed by atoms with Crippen molar-refractivity contribution in [1.82, 2.24) is 0 Å². The first-order valence-corrected chi connectivity index (χ1v) is 2.08. The number of nitrogens with zero attached hydrogens (tertiary/aromatic N) is 1. The molecule has 0 N–H and O–H groups in total. The standard InChI is InChI=1S/C3H3NO2.OS/c5-3-1-4-6-2-3;1-2/h1H,2H2;. The third kappa shape index (κ3) is 2.35. The number of carbonyl (C=O) groups excluding carboxylic acids is 1. The van der Waals surface area contributed by atoms with Crippen molar-refractivity contribution in [2.24, 2.45) is 5.16 Å². The fourth-order valence-corrected chi connectivity index (χ4v) is 0.234. The van der Waals surface area contributed by atoms with Crippen LogP contribution in [0.2, 0.25) is 0 Å². The molecule has 1 aliphatic rings. The predicted molar refractivity (Wildman–Crippen MR) is 27.6 cm³/mol. The first-order chi connectivity index (χ1) is 3.89. The molecule has 1 heterocycles. The minimum Gasteiger partial charge on any atom is -0.387 e. The van der Waals surface area contributed by atoms with Crippen molar-refractivity contribution in [2.45, 2.75) is 0 Å². The number of carbonyl (C=O) groups is 1. The third-order valence-corrected chi connectivity index (χ3v) is 0.478. The summed E-state index contributed by atoms with van der Waals surface area (Å²) in [5, 5.41) is 3.19. The van der Waals surface area contributed by atoms with Crippen LogP contribution in [-0.2, 0) is 22.2 Å². The number of Topliss-reactive ketones (excluding diaryl/α,β-unsaturated/α-hetero) is 1. The van der Waals surface area contributed by atoms with Gasteiger partial charge in [0.1, 0.15) is 6.21 Å². The van der Waals surface area contributed by atoms with E-state index in [1.165, 1.54) is 6.21 Å². The summed E-state index contributed by atoms with van der Waals surface area (Å²) < 4.78 is 7.83. The molecule has 0 amide bonds. The molecular formula is C3H3NO3S. The van der Waals surface area contributed by atoms with Gasteiger partial charge in [-0.2, -0.15) is 4.21 Å². The van der Waals surface area contributed by atoms with Crippen LogP contribution in [0.15, 0.2) is 5.16 Å². The number of ketones is 1. The van der Waals surface area contributed by atoms with Gasteiger partial charge < -0.3 is 4.84 Å². The molecule has 0 aromatic heterocycles. The Balaban J connectivity index is 0.000000222. The Kier molecular flexibility index (Phi) is 3.87. The third-order valence-electron chi connectivity index (χ3n) is 0.478. The molecule has 1 rings (SSSR count). The summed E-state index contributed by atoms with van der Waals surface area (Å²) in [6.45, 7) is 0.125. The van der Waals surface area contributed by atoms with Gasteiger partial charge >= 0.3 is 0 Å². The van der Waals surface area contributed by atoms with Crippen molar-refractivity contribution >= 4 is 24.5 Å². The largest absolute Gasteiger partial charge is 0.387 e. The van der Waals surface area contributed by atoms with Gasteiger partial charge in [-0.25, -0.2) is 0 Å². The molecule has 0 saturated carbocycles. The van der Waals surface area contributed by atoms with E-state index in [0.29, 0.717) is 0 Å². The molecule has 0 aromatic carbocycles. The van der Waals surface area contributed by atoms with Gasteiger partial charge in [0.05, 0.1) is 0 Å². The Labute approximate surface area is 51.0 Å². The van der Waals surface area contributed by atoms with Crippen LogP contribution >= 0.6 is 0 Å². The van der Waals surface area contributed by atoms with E-state index in [-0.39, 0.29) is 12.4 Å². The van der Waals surface area contributed by atoms with E-state index in [1.807, 2.05) is 0 Å². The molecule has 44 valence electrons. The smallest absolute Gasteiger partial charge is 0.217 e. The molecule has 0 atom stereocenters. The van der Waals surface area contributed by atoms with Gasteiger partial charge in [0.15, 0.2) is 19.1 Å². The van der Waals surface area contributed by atoms with Crippen molar-refractivity contribution < 1.29 is 13.8 Å². The Bertz CT molecular complexity index is 113. The number of rotatable bonds is 0. The second kappa shape index (κ2) is 4.32. The van der Waals surface area contributed by atoms with Gasteiger partial charge in [0.2, 0.25) is 5.78 Å². The molecular weight excluding hydrogens is 130 g/mol. The lowest BCUT2D eigenvalue weighted by Crippen LogP contribution is -1.96. The van der Waals surface area contributed by atoms with Crippen LogP contribution in [0.5, 0.6) is 0 Å². The highest BCUT2D eigenvalue weighted by Crippen LogP contribution is 1.82. The van der Waals surface area contributed by atoms with E-state index in [4.69, 9.17) is 4.21 Å². The van der Waals surface area contributed by atoms with Crippen LogP contribution in [0.1, 0.15) is 0 Å². The summed E-state index contributed by atoms with van der Waals surface area (Å²) in [7, 11) is 0. The normalized spacial score (nSPS) is 14.2. The quantitative estimate of drug-likeness (QED) is 0.435. The molecule has 0 radical (unpaired) electrons. The highest BCUT2D eigenvalue weighted by Gasteiger charge is 2.01. The minimum absolute atomic E-state index is 0.0602. The first kappa shape index (κ1) is 7.16. The Morgan fingerprint density at radius 1 is 1.75 bits per heavy atom. The summed E-state index contributed by atoms with van der Waals surface area (Å²) >= 11 is 2.83. The molecule has 1 aliphatic heterocycles. The van der Waals surface area contributed by atoms with Crippen LogP contribution in [-0.4, -0.2) is 22.8 Å². The Morgan fingerprint density at radius 3 is 2.50 bits per heavy atom. The summed E-state index contributed by atoms with van der Waals surface area (Å²) in [4.78, 5) is 14.2. The van der Waals surface area contributed by atoms with Gasteiger partial charge in [0.25, 0.3) is 0 Å². The average Bonchev–Trinajstić information content (AvgIpc) is 2.24. The second-order valence-electron chi connectivity index (χ2n) is 0.974. The van der Waals surface area contributed by atoms with Crippen LogP contribution in [0.4, 0.5) is 0 Å². The number of oxime groups is 1. The van der Waals surface area contributed by atoms with Gasteiger partial charge in [-0.1, -0.05) is 5.16 Å². The SMILES string of the molecule is O=C1C=NOC1.O=S. The summed E-state index contributed by atoms with van der Waals surface area (Å²) in [5.74, 6) is -0.0602. The summed E-state index contributed by atoms with van der Waals surface area (Å²) in [5.41, 5.74) is 0. The fraction of sp³-hybridized carbons (Fsp3) is 0.333. The predicted octanol–water partition coefficient (Wildman–Crippen LogP) is -0.765.